The number of benzene rings is 4. The predicted molar refractivity (Wildman–Crippen MR) is 146 cm³/mol. The Morgan fingerprint density at radius 1 is 1.00 bits per heavy atom. The second-order valence-electron chi connectivity index (χ2n) is 9.14. The van der Waals surface area contributed by atoms with Gasteiger partial charge in [-0.2, -0.15) is 5.26 Å². The van der Waals surface area contributed by atoms with Gasteiger partial charge < -0.3 is 9.73 Å². The number of carbonyl (C=O) groups excluding carboxylic acids is 1. The summed E-state index contributed by atoms with van der Waals surface area (Å²) in [7, 11) is 0. The number of amides is 1. The molecule has 4 aromatic carbocycles. The summed E-state index contributed by atoms with van der Waals surface area (Å²) in [4.78, 5) is 17.3. The minimum absolute atomic E-state index is 0.167. The molecule has 0 aliphatic rings. The van der Waals surface area contributed by atoms with Gasteiger partial charge in [0.2, 0.25) is 5.89 Å². The molecule has 0 atom stereocenters. The Morgan fingerprint density at radius 2 is 1.70 bits per heavy atom. The molecule has 1 aromatic heterocycles. The molecular formula is C31H24ClN3O2. The van der Waals surface area contributed by atoms with E-state index in [0.717, 1.165) is 27.8 Å². The van der Waals surface area contributed by atoms with Crippen molar-refractivity contribution in [1.29, 1.82) is 5.26 Å². The van der Waals surface area contributed by atoms with E-state index in [1.807, 2.05) is 66.7 Å². The molecule has 0 aliphatic heterocycles. The van der Waals surface area contributed by atoms with Crippen LogP contribution in [0.15, 0.2) is 89.3 Å². The van der Waals surface area contributed by atoms with E-state index in [1.165, 1.54) is 0 Å². The molecule has 0 fully saturated rings. The fraction of sp³-hybridized carbons (Fsp3) is 0.129. The Morgan fingerprint density at radius 3 is 2.38 bits per heavy atom. The van der Waals surface area contributed by atoms with Crippen molar-refractivity contribution in [2.45, 2.75) is 26.3 Å². The van der Waals surface area contributed by atoms with E-state index in [4.69, 9.17) is 16.0 Å². The first-order chi connectivity index (χ1) is 17.9. The van der Waals surface area contributed by atoms with E-state index in [2.05, 4.69) is 30.2 Å². The summed E-state index contributed by atoms with van der Waals surface area (Å²) in [5.74, 6) is 0.479. The van der Waals surface area contributed by atoms with Crippen molar-refractivity contribution in [3.63, 3.8) is 0 Å². The number of fused-ring (bicyclic) bond motifs is 1. The highest BCUT2D eigenvalue weighted by atomic mass is 35.5. The topological polar surface area (TPSA) is 78.9 Å². The zero-order chi connectivity index (χ0) is 25.9. The number of aromatic nitrogens is 1. The van der Waals surface area contributed by atoms with E-state index in [0.29, 0.717) is 39.7 Å². The molecule has 182 valence electrons. The minimum Gasteiger partial charge on any atom is -0.436 e. The number of halogens is 1. The van der Waals surface area contributed by atoms with Gasteiger partial charge in [0.15, 0.2) is 5.58 Å². The number of rotatable bonds is 6. The lowest BCUT2D eigenvalue weighted by atomic mass is 10.00. The highest BCUT2D eigenvalue weighted by Gasteiger charge is 2.16. The number of hydrogen-bond donors (Lipinski definition) is 1. The van der Waals surface area contributed by atoms with Crippen molar-refractivity contribution in [2.75, 3.05) is 0 Å². The quantitative estimate of drug-likeness (QED) is 0.256. The van der Waals surface area contributed by atoms with E-state index in [9.17, 15) is 10.1 Å². The highest BCUT2D eigenvalue weighted by molar-refractivity contribution is 6.33. The lowest BCUT2D eigenvalue weighted by Crippen LogP contribution is -2.22. The van der Waals surface area contributed by atoms with Gasteiger partial charge in [-0.3, -0.25) is 4.79 Å². The predicted octanol–water partition coefficient (Wildman–Crippen LogP) is 7.74. The fourth-order valence-corrected chi connectivity index (χ4v) is 4.47. The molecule has 5 rings (SSSR count). The van der Waals surface area contributed by atoms with Crippen LogP contribution in [0.5, 0.6) is 0 Å². The van der Waals surface area contributed by atoms with Gasteiger partial charge in [-0.1, -0.05) is 67.9 Å². The third-order valence-corrected chi connectivity index (χ3v) is 6.59. The van der Waals surface area contributed by atoms with Gasteiger partial charge in [0.25, 0.3) is 5.91 Å². The van der Waals surface area contributed by atoms with Crippen molar-refractivity contribution >= 4 is 28.6 Å². The van der Waals surface area contributed by atoms with Gasteiger partial charge in [-0.15, -0.1) is 0 Å². The van der Waals surface area contributed by atoms with Crippen LogP contribution in [0.3, 0.4) is 0 Å². The van der Waals surface area contributed by atoms with Gasteiger partial charge >= 0.3 is 0 Å². The van der Waals surface area contributed by atoms with Gasteiger partial charge in [-0.05, 0) is 59.5 Å². The second-order valence-corrected chi connectivity index (χ2v) is 9.54. The monoisotopic (exact) mass is 505 g/mol. The Hall–Kier alpha value is -4.40. The lowest BCUT2D eigenvalue weighted by molar-refractivity contribution is 0.0951. The van der Waals surface area contributed by atoms with Crippen LogP contribution in [0.25, 0.3) is 33.7 Å². The van der Waals surface area contributed by atoms with Crippen molar-refractivity contribution in [2.24, 2.45) is 0 Å². The van der Waals surface area contributed by atoms with Crippen molar-refractivity contribution in [1.82, 2.24) is 10.3 Å². The summed E-state index contributed by atoms with van der Waals surface area (Å²) < 4.78 is 6.07. The second kappa shape index (κ2) is 10.3. The first-order valence-corrected chi connectivity index (χ1v) is 12.4. The molecule has 0 saturated carbocycles. The zero-order valence-electron chi connectivity index (χ0n) is 20.5. The van der Waals surface area contributed by atoms with E-state index < -0.39 is 0 Å². The molecule has 37 heavy (non-hydrogen) atoms. The molecular weight excluding hydrogens is 482 g/mol. The number of carbonyl (C=O) groups is 1. The summed E-state index contributed by atoms with van der Waals surface area (Å²) in [5, 5.41) is 13.0. The Balaban J connectivity index is 1.28. The van der Waals surface area contributed by atoms with Crippen molar-refractivity contribution in [3.8, 4) is 28.7 Å². The summed E-state index contributed by atoms with van der Waals surface area (Å²) in [5.41, 5.74) is 7.14. The van der Waals surface area contributed by atoms with Crippen LogP contribution in [0.4, 0.5) is 0 Å². The summed E-state index contributed by atoms with van der Waals surface area (Å²) in [6.07, 6.45) is 0. The van der Waals surface area contributed by atoms with Crippen LogP contribution in [-0.4, -0.2) is 10.9 Å². The largest absolute Gasteiger partial charge is 0.436 e. The van der Waals surface area contributed by atoms with Crippen LogP contribution >= 0.6 is 11.6 Å². The Bertz CT molecular complexity index is 1630. The zero-order valence-corrected chi connectivity index (χ0v) is 21.2. The van der Waals surface area contributed by atoms with E-state index in [1.54, 1.807) is 18.2 Å². The Labute approximate surface area is 220 Å². The number of nitrogens with zero attached hydrogens (tertiary/aromatic N) is 2. The number of nitrogens with one attached hydrogen (secondary N) is 1. The maximum atomic E-state index is 12.7. The maximum Gasteiger partial charge on any atom is 0.251 e. The van der Waals surface area contributed by atoms with Crippen molar-refractivity contribution in [3.05, 3.63) is 112 Å². The number of oxazole rings is 1. The molecule has 0 unspecified atom stereocenters. The molecule has 0 saturated heterocycles. The summed E-state index contributed by atoms with van der Waals surface area (Å²) >= 11 is 6.29. The average Bonchev–Trinajstić information content (AvgIpc) is 3.36. The molecule has 1 heterocycles. The first kappa shape index (κ1) is 24.3. The van der Waals surface area contributed by atoms with Gasteiger partial charge in [0.1, 0.15) is 5.52 Å². The minimum atomic E-state index is -0.167. The SMILES string of the molecule is CC(C)c1cc(C#N)cc2nc(-c3ccc(C(=O)NCc4ccc(-c5ccccc5Cl)cc4)cc3)oc12. The van der Waals surface area contributed by atoms with E-state index in [-0.39, 0.29) is 11.8 Å². The van der Waals surface area contributed by atoms with Crippen LogP contribution in [0.1, 0.15) is 46.8 Å². The van der Waals surface area contributed by atoms with Crippen LogP contribution in [0, 0.1) is 11.3 Å². The lowest BCUT2D eigenvalue weighted by Gasteiger charge is -2.08. The highest BCUT2D eigenvalue weighted by Crippen LogP contribution is 2.31. The van der Waals surface area contributed by atoms with Gasteiger partial charge in [-0.25, -0.2) is 4.98 Å². The van der Waals surface area contributed by atoms with Gasteiger partial charge in [0, 0.05) is 33.8 Å². The summed E-state index contributed by atoms with van der Waals surface area (Å²) in [6.45, 7) is 4.52. The first-order valence-electron chi connectivity index (χ1n) is 12.0. The molecule has 0 radical (unpaired) electrons. The van der Waals surface area contributed by atoms with Crippen LogP contribution in [0.2, 0.25) is 5.02 Å². The molecule has 0 spiro atoms. The van der Waals surface area contributed by atoms with E-state index >= 15 is 0 Å². The standard InChI is InChI=1S/C31H24ClN3O2/c1-19(2)26-15-21(17-33)16-28-29(26)37-31(35-28)24-13-11-23(12-14-24)30(36)34-18-20-7-9-22(10-8-20)25-5-3-4-6-27(25)32/h3-16,19H,18H2,1-2H3,(H,34,36). The third kappa shape index (κ3) is 5.11. The fourth-order valence-electron chi connectivity index (χ4n) is 4.22. The molecule has 5 nitrogen and oxygen atoms in total. The Kier molecular flexibility index (Phi) is 6.76. The molecule has 1 N–H and O–H groups in total. The smallest absolute Gasteiger partial charge is 0.251 e. The summed E-state index contributed by atoms with van der Waals surface area (Å²) in [6, 6.07) is 28.6. The third-order valence-electron chi connectivity index (χ3n) is 6.26. The maximum absolute atomic E-state index is 12.7. The molecule has 1 amide bonds. The number of nitriles is 1. The molecule has 5 aromatic rings. The average molecular weight is 506 g/mol. The van der Waals surface area contributed by atoms with Crippen LogP contribution in [-0.2, 0) is 6.54 Å². The molecule has 6 heteroatoms. The molecule has 0 aliphatic carbocycles. The normalized spacial score (nSPS) is 11.0. The number of hydrogen-bond acceptors (Lipinski definition) is 4. The van der Waals surface area contributed by atoms with Gasteiger partial charge in [0.05, 0.1) is 11.6 Å². The molecule has 0 bridgehead atoms. The van der Waals surface area contributed by atoms with Crippen molar-refractivity contribution < 1.29 is 9.21 Å². The van der Waals surface area contributed by atoms with Crippen LogP contribution < -0.4 is 5.32 Å².